The lowest BCUT2D eigenvalue weighted by molar-refractivity contribution is -0.143. The summed E-state index contributed by atoms with van der Waals surface area (Å²) >= 11 is 0. The predicted octanol–water partition coefficient (Wildman–Crippen LogP) is 1.97. The van der Waals surface area contributed by atoms with E-state index >= 15 is 0 Å². The monoisotopic (exact) mass is 126 g/mol. The Morgan fingerprint density at radius 2 is 2.22 bits per heavy atom. The Labute approximate surface area is 56.4 Å². The molecule has 0 N–H and O–H groups in total. The molecule has 2 atom stereocenters. The molecule has 2 rings (SSSR count). The van der Waals surface area contributed by atoms with E-state index in [0.29, 0.717) is 5.60 Å². The van der Waals surface area contributed by atoms with Crippen molar-refractivity contribution in [3.63, 3.8) is 0 Å². The van der Waals surface area contributed by atoms with E-state index in [0.717, 1.165) is 12.5 Å². The molecule has 2 aliphatic rings. The minimum absolute atomic E-state index is 0.388. The van der Waals surface area contributed by atoms with Gasteiger partial charge in [0.25, 0.3) is 0 Å². The van der Waals surface area contributed by atoms with E-state index in [1.165, 1.54) is 25.7 Å². The van der Waals surface area contributed by atoms with Crippen LogP contribution in [0.4, 0.5) is 0 Å². The van der Waals surface area contributed by atoms with Crippen molar-refractivity contribution in [2.75, 3.05) is 6.61 Å². The molecule has 2 unspecified atom stereocenters. The van der Waals surface area contributed by atoms with Crippen LogP contribution in [0.5, 0.6) is 0 Å². The van der Waals surface area contributed by atoms with Gasteiger partial charge in [-0.25, -0.2) is 0 Å². The molecule has 1 heterocycles. The third-order valence-electron chi connectivity index (χ3n) is 2.78. The lowest BCUT2D eigenvalue weighted by Crippen LogP contribution is -2.40. The first kappa shape index (κ1) is 5.72. The molecule has 0 aromatic heterocycles. The van der Waals surface area contributed by atoms with Crippen molar-refractivity contribution in [1.82, 2.24) is 0 Å². The number of rotatable bonds is 0. The fourth-order valence-electron chi connectivity index (χ4n) is 2.10. The number of hydrogen-bond donors (Lipinski definition) is 0. The summed E-state index contributed by atoms with van der Waals surface area (Å²) in [5, 5.41) is 0. The van der Waals surface area contributed by atoms with Crippen LogP contribution in [0.3, 0.4) is 0 Å². The predicted molar refractivity (Wildman–Crippen MR) is 36.3 cm³/mol. The Kier molecular flexibility index (Phi) is 1.10. The highest BCUT2D eigenvalue weighted by Crippen LogP contribution is 2.44. The van der Waals surface area contributed by atoms with Crippen molar-refractivity contribution in [3.05, 3.63) is 0 Å². The second kappa shape index (κ2) is 1.72. The van der Waals surface area contributed by atoms with Gasteiger partial charge in [-0.2, -0.15) is 0 Å². The standard InChI is InChI=1S/C8H14O/c1-7-2-3-8(6-7)4-5-9-8/h7H,2-6H2,1H3. The summed E-state index contributed by atoms with van der Waals surface area (Å²) in [6.45, 7) is 3.35. The summed E-state index contributed by atoms with van der Waals surface area (Å²) in [7, 11) is 0. The summed E-state index contributed by atoms with van der Waals surface area (Å²) in [4.78, 5) is 0. The van der Waals surface area contributed by atoms with Crippen molar-refractivity contribution >= 4 is 0 Å². The Balaban J connectivity index is 1.99. The zero-order valence-electron chi connectivity index (χ0n) is 6.02. The second-order valence-electron chi connectivity index (χ2n) is 3.63. The zero-order chi connectivity index (χ0) is 6.32. The van der Waals surface area contributed by atoms with Crippen molar-refractivity contribution in [2.24, 2.45) is 5.92 Å². The van der Waals surface area contributed by atoms with Gasteiger partial charge in [0.1, 0.15) is 0 Å². The number of ether oxygens (including phenoxy) is 1. The molecule has 0 aromatic carbocycles. The molecule has 1 saturated carbocycles. The summed E-state index contributed by atoms with van der Waals surface area (Å²) in [6.07, 6.45) is 5.37. The van der Waals surface area contributed by atoms with Crippen molar-refractivity contribution in [3.8, 4) is 0 Å². The fourth-order valence-corrected chi connectivity index (χ4v) is 2.10. The second-order valence-corrected chi connectivity index (χ2v) is 3.63. The van der Waals surface area contributed by atoms with Gasteiger partial charge < -0.3 is 4.74 Å². The molecule has 0 bridgehead atoms. The van der Waals surface area contributed by atoms with Gasteiger partial charge >= 0.3 is 0 Å². The van der Waals surface area contributed by atoms with Crippen LogP contribution in [-0.2, 0) is 4.74 Å². The molecule has 1 heteroatoms. The molecule has 0 radical (unpaired) electrons. The van der Waals surface area contributed by atoms with Gasteiger partial charge in [-0.1, -0.05) is 6.92 Å². The van der Waals surface area contributed by atoms with Gasteiger partial charge in [-0.05, 0) is 31.6 Å². The summed E-state index contributed by atoms with van der Waals surface area (Å²) in [5.41, 5.74) is 0.388. The lowest BCUT2D eigenvalue weighted by atomic mass is 9.92. The Bertz CT molecular complexity index is 116. The molecule has 52 valence electrons. The van der Waals surface area contributed by atoms with Crippen LogP contribution in [0.15, 0.2) is 0 Å². The van der Waals surface area contributed by atoms with Gasteiger partial charge in [0.05, 0.1) is 12.2 Å². The Morgan fingerprint density at radius 1 is 1.44 bits per heavy atom. The first-order valence-electron chi connectivity index (χ1n) is 3.95. The smallest absolute Gasteiger partial charge is 0.0707 e. The van der Waals surface area contributed by atoms with Gasteiger partial charge in [-0.3, -0.25) is 0 Å². The molecule has 0 aromatic rings. The molecular weight excluding hydrogens is 112 g/mol. The van der Waals surface area contributed by atoms with Crippen LogP contribution in [0.25, 0.3) is 0 Å². The van der Waals surface area contributed by atoms with Gasteiger partial charge in [0.15, 0.2) is 0 Å². The molecular formula is C8H14O. The average Bonchev–Trinajstić information content (AvgIpc) is 2.09. The quantitative estimate of drug-likeness (QED) is 0.482. The van der Waals surface area contributed by atoms with Gasteiger partial charge in [0, 0.05) is 0 Å². The summed E-state index contributed by atoms with van der Waals surface area (Å²) in [5.74, 6) is 0.922. The van der Waals surface area contributed by atoms with E-state index in [2.05, 4.69) is 6.92 Å². The van der Waals surface area contributed by atoms with E-state index in [-0.39, 0.29) is 0 Å². The van der Waals surface area contributed by atoms with Crippen LogP contribution >= 0.6 is 0 Å². The highest BCUT2D eigenvalue weighted by molar-refractivity contribution is 4.94. The maximum Gasteiger partial charge on any atom is 0.0707 e. The largest absolute Gasteiger partial charge is 0.375 e. The highest BCUT2D eigenvalue weighted by Gasteiger charge is 2.43. The van der Waals surface area contributed by atoms with E-state index < -0.39 is 0 Å². The van der Waals surface area contributed by atoms with Crippen LogP contribution in [-0.4, -0.2) is 12.2 Å². The Hall–Kier alpha value is -0.0400. The lowest BCUT2D eigenvalue weighted by Gasteiger charge is -2.38. The van der Waals surface area contributed by atoms with Crippen molar-refractivity contribution in [2.45, 2.75) is 38.2 Å². The van der Waals surface area contributed by atoms with Crippen molar-refractivity contribution in [1.29, 1.82) is 0 Å². The highest BCUT2D eigenvalue weighted by atomic mass is 16.5. The molecule has 2 fully saturated rings. The van der Waals surface area contributed by atoms with Gasteiger partial charge in [0.2, 0.25) is 0 Å². The van der Waals surface area contributed by atoms with Gasteiger partial charge in [-0.15, -0.1) is 0 Å². The fraction of sp³-hybridized carbons (Fsp3) is 1.00. The van der Waals surface area contributed by atoms with Crippen molar-refractivity contribution < 1.29 is 4.74 Å². The number of hydrogen-bond acceptors (Lipinski definition) is 1. The maximum atomic E-state index is 5.55. The average molecular weight is 126 g/mol. The van der Waals surface area contributed by atoms with Crippen LogP contribution in [0.1, 0.15) is 32.6 Å². The molecule has 1 aliphatic heterocycles. The first-order chi connectivity index (χ1) is 4.31. The zero-order valence-corrected chi connectivity index (χ0v) is 6.02. The van der Waals surface area contributed by atoms with Crippen LogP contribution in [0, 0.1) is 5.92 Å². The molecule has 1 nitrogen and oxygen atoms in total. The minimum Gasteiger partial charge on any atom is -0.375 e. The molecule has 0 amide bonds. The third kappa shape index (κ3) is 0.787. The molecule has 1 aliphatic carbocycles. The molecule has 1 saturated heterocycles. The maximum absolute atomic E-state index is 5.55. The summed E-state index contributed by atoms with van der Waals surface area (Å²) < 4.78 is 5.55. The topological polar surface area (TPSA) is 9.23 Å². The SMILES string of the molecule is CC1CCC2(CCO2)C1. The van der Waals surface area contributed by atoms with Crippen LogP contribution in [0.2, 0.25) is 0 Å². The first-order valence-corrected chi connectivity index (χ1v) is 3.95. The van der Waals surface area contributed by atoms with Crippen LogP contribution < -0.4 is 0 Å². The third-order valence-corrected chi connectivity index (χ3v) is 2.78. The molecule has 1 spiro atoms. The van der Waals surface area contributed by atoms with E-state index in [4.69, 9.17) is 4.74 Å². The molecule has 9 heavy (non-hydrogen) atoms. The van der Waals surface area contributed by atoms with E-state index in [1.54, 1.807) is 0 Å². The van der Waals surface area contributed by atoms with E-state index in [1.807, 2.05) is 0 Å². The van der Waals surface area contributed by atoms with E-state index in [9.17, 15) is 0 Å². The Morgan fingerprint density at radius 3 is 2.44 bits per heavy atom. The normalized spacial score (nSPS) is 49.7. The summed E-state index contributed by atoms with van der Waals surface area (Å²) in [6, 6.07) is 0. The minimum atomic E-state index is 0.388.